The maximum absolute atomic E-state index is 11.9. The molecule has 4 N–H and O–H groups in total. The number of benzene rings is 1. The van der Waals surface area contributed by atoms with E-state index >= 15 is 0 Å². The van der Waals surface area contributed by atoms with Gasteiger partial charge in [-0.15, -0.1) is 0 Å². The SMILES string of the molecule is CCNC(=O)c1ccc(NC(=O)CC2(N)CCC2)cc1. The number of hydrogen-bond acceptors (Lipinski definition) is 3. The van der Waals surface area contributed by atoms with E-state index in [0.717, 1.165) is 19.3 Å². The average molecular weight is 275 g/mol. The Morgan fingerprint density at radius 2 is 1.90 bits per heavy atom. The van der Waals surface area contributed by atoms with Gasteiger partial charge in [0.15, 0.2) is 0 Å². The van der Waals surface area contributed by atoms with Gasteiger partial charge in [-0.3, -0.25) is 9.59 Å². The van der Waals surface area contributed by atoms with E-state index in [1.54, 1.807) is 24.3 Å². The zero-order valence-corrected chi connectivity index (χ0v) is 11.7. The second kappa shape index (κ2) is 6.05. The number of amides is 2. The molecule has 1 saturated carbocycles. The maximum atomic E-state index is 11.9. The number of hydrogen-bond donors (Lipinski definition) is 3. The van der Waals surface area contributed by atoms with Crippen LogP contribution < -0.4 is 16.4 Å². The van der Waals surface area contributed by atoms with Crippen LogP contribution in [0.15, 0.2) is 24.3 Å². The molecule has 5 heteroatoms. The van der Waals surface area contributed by atoms with Gasteiger partial charge in [0.25, 0.3) is 5.91 Å². The highest BCUT2D eigenvalue weighted by molar-refractivity contribution is 5.95. The predicted octanol–water partition coefficient (Wildman–Crippen LogP) is 1.65. The molecule has 0 aromatic heterocycles. The monoisotopic (exact) mass is 275 g/mol. The molecule has 0 spiro atoms. The van der Waals surface area contributed by atoms with E-state index in [2.05, 4.69) is 10.6 Å². The average Bonchev–Trinajstić information content (AvgIpc) is 2.38. The van der Waals surface area contributed by atoms with Crippen LogP contribution in [0, 0.1) is 0 Å². The molecule has 5 nitrogen and oxygen atoms in total. The summed E-state index contributed by atoms with van der Waals surface area (Å²) in [5.41, 5.74) is 6.99. The minimum atomic E-state index is -0.314. The van der Waals surface area contributed by atoms with E-state index in [9.17, 15) is 9.59 Å². The topological polar surface area (TPSA) is 84.2 Å². The van der Waals surface area contributed by atoms with Gasteiger partial charge in [-0.2, -0.15) is 0 Å². The van der Waals surface area contributed by atoms with E-state index in [4.69, 9.17) is 5.73 Å². The normalized spacial score (nSPS) is 16.1. The summed E-state index contributed by atoms with van der Waals surface area (Å²) in [7, 11) is 0. The number of anilines is 1. The lowest BCUT2D eigenvalue weighted by Crippen LogP contribution is -2.48. The minimum absolute atomic E-state index is 0.0713. The first kappa shape index (κ1) is 14.5. The van der Waals surface area contributed by atoms with Crippen molar-refractivity contribution in [3.8, 4) is 0 Å². The molecular weight excluding hydrogens is 254 g/mol. The van der Waals surface area contributed by atoms with Crippen molar-refractivity contribution in [3.05, 3.63) is 29.8 Å². The molecule has 108 valence electrons. The molecule has 1 fully saturated rings. The van der Waals surface area contributed by atoms with Gasteiger partial charge in [0, 0.05) is 29.8 Å². The summed E-state index contributed by atoms with van der Waals surface area (Å²) >= 11 is 0. The Labute approximate surface area is 118 Å². The summed E-state index contributed by atoms with van der Waals surface area (Å²) < 4.78 is 0. The molecule has 0 bridgehead atoms. The third-order valence-electron chi connectivity index (χ3n) is 3.63. The molecule has 1 aliphatic rings. The number of carbonyl (C=O) groups excluding carboxylic acids is 2. The summed E-state index contributed by atoms with van der Waals surface area (Å²) in [6, 6.07) is 6.85. The fraction of sp³-hybridized carbons (Fsp3) is 0.467. The Balaban J connectivity index is 1.90. The zero-order valence-electron chi connectivity index (χ0n) is 11.7. The first-order valence-electron chi connectivity index (χ1n) is 6.99. The van der Waals surface area contributed by atoms with Crippen LogP contribution in [0.5, 0.6) is 0 Å². The van der Waals surface area contributed by atoms with Crippen molar-refractivity contribution < 1.29 is 9.59 Å². The number of nitrogens with one attached hydrogen (secondary N) is 2. The van der Waals surface area contributed by atoms with Gasteiger partial charge in [0.1, 0.15) is 0 Å². The van der Waals surface area contributed by atoms with E-state index in [0.29, 0.717) is 24.2 Å². The lowest BCUT2D eigenvalue weighted by atomic mass is 9.75. The molecule has 1 aromatic carbocycles. The third kappa shape index (κ3) is 3.57. The van der Waals surface area contributed by atoms with Crippen molar-refractivity contribution in [1.82, 2.24) is 5.32 Å². The maximum Gasteiger partial charge on any atom is 0.251 e. The highest BCUT2D eigenvalue weighted by Crippen LogP contribution is 2.32. The van der Waals surface area contributed by atoms with Gasteiger partial charge in [-0.1, -0.05) is 0 Å². The van der Waals surface area contributed by atoms with Crippen LogP contribution in [0.3, 0.4) is 0 Å². The standard InChI is InChI=1S/C15H21N3O2/c1-2-17-14(20)11-4-6-12(7-5-11)18-13(19)10-15(16)8-3-9-15/h4-7H,2-3,8-10,16H2,1H3,(H,17,20)(H,18,19). The first-order chi connectivity index (χ1) is 9.52. The van der Waals surface area contributed by atoms with Crippen molar-refractivity contribution in [2.24, 2.45) is 5.73 Å². The van der Waals surface area contributed by atoms with Crippen molar-refractivity contribution in [3.63, 3.8) is 0 Å². The fourth-order valence-corrected chi connectivity index (χ4v) is 2.30. The molecule has 1 aliphatic carbocycles. The highest BCUT2D eigenvalue weighted by Gasteiger charge is 2.34. The molecular formula is C15H21N3O2. The second-order valence-corrected chi connectivity index (χ2v) is 5.38. The lowest BCUT2D eigenvalue weighted by Gasteiger charge is -2.37. The summed E-state index contributed by atoms with van der Waals surface area (Å²) in [5, 5.41) is 5.54. The Kier molecular flexibility index (Phi) is 4.39. The third-order valence-corrected chi connectivity index (χ3v) is 3.63. The molecule has 0 aliphatic heterocycles. The van der Waals surface area contributed by atoms with Crippen LogP contribution in [-0.2, 0) is 4.79 Å². The molecule has 2 rings (SSSR count). The van der Waals surface area contributed by atoms with Crippen LogP contribution in [0.2, 0.25) is 0 Å². The van der Waals surface area contributed by atoms with E-state index in [1.807, 2.05) is 6.92 Å². The molecule has 0 heterocycles. The van der Waals surface area contributed by atoms with Crippen LogP contribution in [-0.4, -0.2) is 23.9 Å². The summed E-state index contributed by atoms with van der Waals surface area (Å²) in [5.74, 6) is -0.182. The lowest BCUT2D eigenvalue weighted by molar-refractivity contribution is -0.118. The molecule has 1 aromatic rings. The van der Waals surface area contributed by atoms with Crippen molar-refractivity contribution in [1.29, 1.82) is 0 Å². The summed E-state index contributed by atoms with van der Waals surface area (Å²) in [6.07, 6.45) is 3.28. The van der Waals surface area contributed by atoms with Crippen LogP contribution in [0.4, 0.5) is 5.69 Å². The van der Waals surface area contributed by atoms with Gasteiger partial charge in [-0.25, -0.2) is 0 Å². The number of nitrogens with two attached hydrogens (primary N) is 1. The molecule has 20 heavy (non-hydrogen) atoms. The van der Waals surface area contributed by atoms with Gasteiger partial charge < -0.3 is 16.4 Å². The van der Waals surface area contributed by atoms with E-state index in [-0.39, 0.29) is 17.4 Å². The molecule has 0 atom stereocenters. The Hall–Kier alpha value is -1.88. The predicted molar refractivity (Wildman–Crippen MR) is 78.5 cm³/mol. The second-order valence-electron chi connectivity index (χ2n) is 5.38. The molecule has 0 saturated heterocycles. The smallest absolute Gasteiger partial charge is 0.251 e. The zero-order chi connectivity index (χ0) is 14.6. The Morgan fingerprint density at radius 3 is 2.40 bits per heavy atom. The molecule has 2 amide bonds. The number of carbonyl (C=O) groups is 2. The van der Waals surface area contributed by atoms with Crippen molar-refractivity contribution in [2.45, 2.75) is 38.1 Å². The largest absolute Gasteiger partial charge is 0.352 e. The van der Waals surface area contributed by atoms with E-state index in [1.165, 1.54) is 0 Å². The van der Waals surface area contributed by atoms with Crippen LogP contribution in [0.1, 0.15) is 43.0 Å². The molecule has 0 unspecified atom stereocenters. The van der Waals surface area contributed by atoms with Gasteiger partial charge in [0.2, 0.25) is 5.91 Å². The van der Waals surface area contributed by atoms with Crippen molar-refractivity contribution >= 4 is 17.5 Å². The quantitative estimate of drug-likeness (QED) is 0.764. The minimum Gasteiger partial charge on any atom is -0.352 e. The van der Waals surface area contributed by atoms with Gasteiger partial charge in [0.05, 0.1) is 0 Å². The fourth-order valence-electron chi connectivity index (χ4n) is 2.30. The van der Waals surface area contributed by atoms with Crippen molar-refractivity contribution in [2.75, 3.05) is 11.9 Å². The first-order valence-corrected chi connectivity index (χ1v) is 6.99. The molecule has 0 radical (unpaired) electrons. The summed E-state index contributed by atoms with van der Waals surface area (Å²) in [6.45, 7) is 2.46. The Morgan fingerprint density at radius 1 is 1.25 bits per heavy atom. The Bertz CT molecular complexity index is 492. The van der Waals surface area contributed by atoms with Gasteiger partial charge in [-0.05, 0) is 50.5 Å². The number of rotatable bonds is 5. The van der Waals surface area contributed by atoms with Crippen LogP contribution in [0.25, 0.3) is 0 Å². The van der Waals surface area contributed by atoms with Gasteiger partial charge >= 0.3 is 0 Å². The highest BCUT2D eigenvalue weighted by atomic mass is 16.2. The van der Waals surface area contributed by atoms with E-state index < -0.39 is 0 Å². The van der Waals surface area contributed by atoms with Crippen LogP contribution >= 0.6 is 0 Å². The summed E-state index contributed by atoms with van der Waals surface area (Å²) in [4.78, 5) is 23.5.